The van der Waals surface area contributed by atoms with Crippen LogP contribution in [-0.4, -0.2) is 17.0 Å². The summed E-state index contributed by atoms with van der Waals surface area (Å²) >= 11 is 0. The van der Waals surface area contributed by atoms with E-state index in [1.807, 2.05) is 44.2 Å². The molecule has 25 heavy (non-hydrogen) atoms. The smallest absolute Gasteiger partial charge is 0.274 e. The van der Waals surface area contributed by atoms with Crippen molar-refractivity contribution in [3.05, 3.63) is 63.8 Å². The quantitative estimate of drug-likeness (QED) is 0.536. The van der Waals surface area contributed by atoms with Gasteiger partial charge in [0.05, 0.1) is 17.5 Å². The summed E-state index contributed by atoms with van der Waals surface area (Å²) in [6, 6.07) is 12.8. The van der Waals surface area contributed by atoms with E-state index in [9.17, 15) is 10.1 Å². The molecule has 0 spiro atoms. The number of benzene rings is 2. The van der Waals surface area contributed by atoms with Gasteiger partial charge in [0, 0.05) is 34.1 Å². The van der Waals surface area contributed by atoms with Crippen molar-refractivity contribution in [1.29, 1.82) is 0 Å². The fraction of sp³-hybridized carbons (Fsp3) is 0.211. The maximum atomic E-state index is 11.3. The van der Waals surface area contributed by atoms with E-state index >= 15 is 0 Å². The van der Waals surface area contributed by atoms with Crippen LogP contribution in [-0.2, 0) is 6.42 Å². The molecule has 0 aliphatic heterocycles. The van der Waals surface area contributed by atoms with Crippen molar-refractivity contribution in [2.75, 3.05) is 12.4 Å². The number of aromatic nitrogens is 1. The zero-order valence-corrected chi connectivity index (χ0v) is 14.4. The average Bonchev–Trinajstić information content (AvgIpc) is 2.61. The largest absolute Gasteiger partial charge is 0.497 e. The van der Waals surface area contributed by atoms with Crippen LogP contribution in [0.15, 0.2) is 42.5 Å². The molecule has 0 amide bonds. The first-order chi connectivity index (χ1) is 12.0. The fourth-order valence-corrected chi connectivity index (χ4v) is 2.83. The van der Waals surface area contributed by atoms with E-state index in [0.29, 0.717) is 17.7 Å². The minimum atomic E-state index is -0.344. The van der Waals surface area contributed by atoms with Gasteiger partial charge in [-0.3, -0.25) is 15.1 Å². The molecule has 1 heterocycles. The average molecular weight is 337 g/mol. The number of methoxy groups -OCH3 is 1. The number of anilines is 2. The number of rotatable bonds is 5. The maximum Gasteiger partial charge on any atom is 0.274 e. The Hall–Kier alpha value is -3.15. The third kappa shape index (κ3) is 3.38. The second-order valence-corrected chi connectivity index (χ2v) is 5.77. The second-order valence-electron chi connectivity index (χ2n) is 5.77. The van der Waals surface area contributed by atoms with E-state index in [4.69, 9.17) is 4.74 Å². The Kier molecular flexibility index (Phi) is 4.52. The van der Waals surface area contributed by atoms with Crippen molar-refractivity contribution in [2.45, 2.75) is 20.3 Å². The SMILES string of the molecule is CCc1ccc(Nc2cc(C)nc3ccc(OC)cc23)cc1[N+](=O)[O-]. The normalized spacial score (nSPS) is 10.7. The molecule has 0 unspecified atom stereocenters. The highest BCUT2D eigenvalue weighted by atomic mass is 16.6. The molecule has 0 bridgehead atoms. The fourth-order valence-electron chi connectivity index (χ4n) is 2.83. The first kappa shape index (κ1) is 16.7. The van der Waals surface area contributed by atoms with Crippen molar-refractivity contribution in [3.8, 4) is 5.75 Å². The third-order valence-electron chi connectivity index (χ3n) is 4.09. The van der Waals surface area contributed by atoms with E-state index in [-0.39, 0.29) is 10.6 Å². The van der Waals surface area contributed by atoms with Crippen LogP contribution < -0.4 is 10.1 Å². The van der Waals surface area contributed by atoms with E-state index < -0.39 is 0 Å². The minimum Gasteiger partial charge on any atom is -0.497 e. The molecule has 1 aromatic heterocycles. The number of ether oxygens (including phenoxy) is 1. The predicted molar refractivity (Wildman–Crippen MR) is 98.8 cm³/mol. The van der Waals surface area contributed by atoms with E-state index in [1.165, 1.54) is 0 Å². The maximum absolute atomic E-state index is 11.3. The number of aryl methyl sites for hydroxylation is 2. The number of nitrogens with zero attached hydrogens (tertiary/aromatic N) is 2. The molecule has 0 atom stereocenters. The van der Waals surface area contributed by atoms with Gasteiger partial charge in [0.25, 0.3) is 5.69 Å². The van der Waals surface area contributed by atoms with Gasteiger partial charge in [-0.05, 0) is 43.7 Å². The summed E-state index contributed by atoms with van der Waals surface area (Å²) in [4.78, 5) is 15.5. The molecule has 0 radical (unpaired) electrons. The Labute approximate surface area is 145 Å². The topological polar surface area (TPSA) is 77.3 Å². The number of fused-ring (bicyclic) bond motifs is 1. The van der Waals surface area contributed by atoms with Crippen LogP contribution in [0.4, 0.5) is 17.1 Å². The molecule has 0 fully saturated rings. The standard InChI is InChI=1S/C19H19N3O3/c1-4-13-5-6-14(10-19(13)22(23)24)21-18-9-12(2)20-17-8-7-15(25-3)11-16(17)18/h5-11H,4H2,1-3H3,(H,20,21). The number of pyridine rings is 1. The molecule has 128 valence electrons. The summed E-state index contributed by atoms with van der Waals surface area (Å²) in [5, 5.41) is 15.5. The van der Waals surface area contributed by atoms with Gasteiger partial charge in [-0.25, -0.2) is 0 Å². The summed E-state index contributed by atoms with van der Waals surface area (Å²) in [5.41, 5.74) is 4.04. The highest BCUT2D eigenvalue weighted by Gasteiger charge is 2.14. The number of nitrogens with one attached hydrogen (secondary N) is 1. The summed E-state index contributed by atoms with van der Waals surface area (Å²) in [6.45, 7) is 3.82. The van der Waals surface area contributed by atoms with Gasteiger partial charge in [0.1, 0.15) is 5.75 Å². The Balaban J connectivity index is 2.08. The van der Waals surface area contributed by atoms with Crippen molar-refractivity contribution in [3.63, 3.8) is 0 Å². The Bertz CT molecular complexity index is 954. The lowest BCUT2D eigenvalue weighted by molar-refractivity contribution is -0.385. The lowest BCUT2D eigenvalue weighted by atomic mass is 10.1. The Morgan fingerprint density at radius 1 is 1.20 bits per heavy atom. The van der Waals surface area contributed by atoms with Crippen LogP contribution in [0.25, 0.3) is 10.9 Å². The van der Waals surface area contributed by atoms with Crippen LogP contribution in [0.2, 0.25) is 0 Å². The number of hydrogen-bond acceptors (Lipinski definition) is 5. The molecule has 2 aromatic carbocycles. The lowest BCUT2D eigenvalue weighted by Crippen LogP contribution is -1.99. The van der Waals surface area contributed by atoms with Gasteiger partial charge >= 0.3 is 0 Å². The molecule has 0 aliphatic rings. The van der Waals surface area contributed by atoms with Gasteiger partial charge in [0.2, 0.25) is 0 Å². The molecular weight excluding hydrogens is 318 g/mol. The van der Waals surface area contributed by atoms with E-state index in [2.05, 4.69) is 10.3 Å². The molecule has 6 heteroatoms. The molecule has 3 rings (SSSR count). The van der Waals surface area contributed by atoms with Crippen LogP contribution in [0, 0.1) is 17.0 Å². The minimum absolute atomic E-state index is 0.125. The molecule has 0 aliphatic carbocycles. The molecule has 0 saturated heterocycles. The highest BCUT2D eigenvalue weighted by molar-refractivity contribution is 5.94. The van der Waals surface area contributed by atoms with Crippen LogP contribution in [0.3, 0.4) is 0 Å². The molecule has 3 aromatic rings. The van der Waals surface area contributed by atoms with Gasteiger partial charge in [0.15, 0.2) is 0 Å². The van der Waals surface area contributed by atoms with Crippen LogP contribution in [0.1, 0.15) is 18.2 Å². The van der Waals surface area contributed by atoms with Gasteiger partial charge in [-0.2, -0.15) is 0 Å². The summed E-state index contributed by atoms with van der Waals surface area (Å²) < 4.78 is 5.29. The lowest BCUT2D eigenvalue weighted by Gasteiger charge is -2.12. The molecular formula is C19H19N3O3. The van der Waals surface area contributed by atoms with Crippen molar-refractivity contribution in [1.82, 2.24) is 4.98 Å². The van der Waals surface area contributed by atoms with Gasteiger partial charge in [-0.15, -0.1) is 0 Å². The second kappa shape index (κ2) is 6.76. The number of nitro groups is 1. The van der Waals surface area contributed by atoms with E-state index in [0.717, 1.165) is 28.0 Å². The molecule has 1 N–H and O–H groups in total. The van der Waals surface area contributed by atoms with E-state index in [1.54, 1.807) is 19.2 Å². The Morgan fingerprint density at radius 3 is 2.68 bits per heavy atom. The number of hydrogen-bond donors (Lipinski definition) is 1. The molecule has 6 nitrogen and oxygen atoms in total. The predicted octanol–water partition coefficient (Wildman–Crippen LogP) is 4.77. The zero-order chi connectivity index (χ0) is 18.0. The van der Waals surface area contributed by atoms with Crippen LogP contribution in [0.5, 0.6) is 5.75 Å². The van der Waals surface area contributed by atoms with Gasteiger partial charge in [-0.1, -0.05) is 13.0 Å². The first-order valence-electron chi connectivity index (χ1n) is 8.01. The summed E-state index contributed by atoms with van der Waals surface area (Å²) in [5.74, 6) is 0.730. The molecule has 0 saturated carbocycles. The first-order valence-corrected chi connectivity index (χ1v) is 8.01. The monoisotopic (exact) mass is 337 g/mol. The summed E-state index contributed by atoms with van der Waals surface area (Å²) in [6.07, 6.45) is 0.616. The number of nitro benzene ring substituents is 1. The van der Waals surface area contributed by atoms with Gasteiger partial charge < -0.3 is 10.1 Å². The van der Waals surface area contributed by atoms with Crippen molar-refractivity contribution < 1.29 is 9.66 Å². The van der Waals surface area contributed by atoms with Crippen molar-refractivity contribution >= 4 is 28.0 Å². The van der Waals surface area contributed by atoms with Crippen molar-refractivity contribution in [2.24, 2.45) is 0 Å². The summed E-state index contributed by atoms with van der Waals surface area (Å²) in [7, 11) is 1.61. The Morgan fingerprint density at radius 2 is 2.00 bits per heavy atom. The highest BCUT2D eigenvalue weighted by Crippen LogP contribution is 2.31. The zero-order valence-electron chi connectivity index (χ0n) is 14.4. The third-order valence-corrected chi connectivity index (χ3v) is 4.09. The van der Waals surface area contributed by atoms with Crippen LogP contribution >= 0.6 is 0 Å².